The van der Waals surface area contributed by atoms with E-state index < -0.39 is 51.9 Å². The fraction of sp³-hybridized carbons (Fsp3) is 0.222. The third-order valence-electron chi connectivity index (χ3n) is 3.55. The summed E-state index contributed by atoms with van der Waals surface area (Å²) in [4.78, 5) is 15.7. The molecule has 0 amide bonds. The minimum atomic E-state index is -2.69. The number of rotatable bonds is 5. The molecule has 0 spiro atoms. The quantitative estimate of drug-likeness (QED) is 0.244. The fourth-order valence-electron chi connectivity index (χ4n) is 2.19. The second-order valence-electron chi connectivity index (χ2n) is 5.46. The van der Waals surface area contributed by atoms with Crippen LogP contribution in [0.15, 0.2) is 57.5 Å². The van der Waals surface area contributed by atoms with E-state index >= 15 is 4.39 Å². The molecule has 1 aliphatic carbocycles. The molecule has 144 valence electrons. The van der Waals surface area contributed by atoms with Gasteiger partial charge in [-0.15, -0.1) is 0 Å². The number of esters is 1. The molecule has 0 heterocycles. The predicted octanol–water partition coefficient (Wildman–Crippen LogP) is 5.13. The van der Waals surface area contributed by atoms with Gasteiger partial charge in [0, 0.05) is 18.7 Å². The molecule has 4 nitrogen and oxygen atoms in total. The lowest BCUT2D eigenvalue weighted by atomic mass is 9.92. The maximum absolute atomic E-state index is 15.0. The Kier molecular flexibility index (Phi) is 6.43. The van der Waals surface area contributed by atoms with Gasteiger partial charge in [-0.25, -0.2) is 22.4 Å². The van der Waals surface area contributed by atoms with Gasteiger partial charge in [-0.1, -0.05) is 11.6 Å². The maximum Gasteiger partial charge on any atom is 0.343 e. The van der Waals surface area contributed by atoms with E-state index in [0.29, 0.717) is 24.4 Å². The van der Waals surface area contributed by atoms with Crippen LogP contribution in [-0.2, 0) is 9.53 Å². The Labute approximate surface area is 157 Å². The van der Waals surface area contributed by atoms with Crippen LogP contribution in [0.1, 0.15) is 13.3 Å². The third kappa shape index (κ3) is 4.77. The van der Waals surface area contributed by atoms with E-state index in [-0.39, 0.29) is 12.3 Å². The van der Waals surface area contributed by atoms with Crippen LogP contribution >= 0.6 is 11.6 Å². The molecule has 0 aliphatic heterocycles. The van der Waals surface area contributed by atoms with Crippen LogP contribution in [0.5, 0.6) is 0 Å². The second-order valence-corrected chi connectivity index (χ2v) is 5.92. The molecule has 1 aliphatic rings. The van der Waals surface area contributed by atoms with Gasteiger partial charge < -0.3 is 9.84 Å². The zero-order chi connectivity index (χ0) is 20.2. The number of nitrogens with zero attached hydrogens (tertiary/aromatic N) is 1. The zero-order valence-electron chi connectivity index (χ0n) is 14.0. The molecule has 0 fully saturated rings. The first-order valence-electron chi connectivity index (χ1n) is 7.70. The molecule has 0 bridgehead atoms. The van der Waals surface area contributed by atoms with Crippen molar-refractivity contribution in [3.8, 4) is 0 Å². The molecule has 0 aromatic heterocycles. The molecule has 1 N–H and O–H groups in total. The van der Waals surface area contributed by atoms with E-state index in [9.17, 15) is 23.1 Å². The number of halogens is 5. The summed E-state index contributed by atoms with van der Waals surface area (Å²) in [6.45, 7) is 1.38. The van der Waals surface area contributed by atoms with Gasteiger partial charge in [-0.3, -0.25) is 4.99 Å². The average Bonchev–Trinajstić information content (AvgIpc) is 2.60. The third-order valence-corrected chi connectivity index (χ3v) is 3.87. The fourth-order valence-corrected chi connectivity index (χ4v) is 2.45. The van der Waals surface area contributed by atoms with Crippen LogP contribution in [0.3, 0.4) is 0 Å². The summed E-state index contributed by atoms with van der Waals surface area (Å²) in [5.41, 5.74) is -3.77. The Balaban J connectivity index is 2.48. The van der Waals surface area contributed by atoms with Gasteiger partial charge in [0.2, 0.25) is 0 Å². The van der Waals surface area contributed by atoms with Crippen molar-refractivity contribution in [2.75, 3.05) is 6.61 Å². The molecule has 9 heteroatoms. The molecule has 0 saturated carbocycles. The minimum Gasteiger partial charge on any atom is -0.508 e. The minimum absolute atomic E-state index is 0.0984. The largest absolute Gasteiger partial charge is 0.508 e. The molecule has 1 aromatic rings. The highest BCUT2D eigenvalue weighted by Crippen LogP contribution is 2.38. The van der Waals surface area contributed by atoms with E-state index in [1.807, 2.05) is 0 Å². The van der Waals surface area contributed by atoms with Gasteiger partial charge in [0.25, 0.3) is 0 Å². The Hall–Kier alpha value is -2.61. The standard InChI is InChI=1S/C18H14ClF4NO3/c1-2-27-17(26)11(9-24-15-4-3-10(20)7-14(15)22)16(25)18(23)6-5-13(21)12(19)8-18/h3-7,9,25H,2,8H2,1H3. The first-order valence-corrected chi connectivity index (χ1v) is 8.08. The van der Waals surface area contributed by atoms with Crippen molar-refractivity contribution in [1.82, 2.24) is 0 Å². The summed E-state index contributed by atoms with van der Waals surface area (Å²) in [7, 11) is 0. The predicted molar refractivity (Wildman–Crippen MR) is 92.4 cm³/mol. The Morgan fingerprint density at radius 3 is 2.70 bits per heavy atom. The molecule has 1 aromatic carbocycles. The van der Waals surface area contributed by atoms with Gasteiger partial charge in [0.1, 0.15) is 23.0 Å². The van der Waals surface area contributed by atoms with Gasteiger partial charge in [0.15, 0.2) is 11.5 Å². The van der Waals surface area contributed by atoms with Crippen LogP contribution in [0.4, 0.5) is 23.2 Å². The molecule has 0 radical (unpaired) electrons. The average molecular weight is 404 g/mol. The molecule has 0 saturated heterocycles. The van der Waals surface area contributed by atoms with Crippen molar-refractivity contribution in [2.45, 2.75) is 19.0 Å². The summed E-state index contributed by atoms with van der Waals surface area (Å²) in [5, 5.41) is 9.80. The normalized spacial score (nSPS) is 20.8. The monoisotopic (exact) mass is 403 g/mol. The zero-order valence-corrected chi connectivity index (χ0v) is 14.7. The highest BCUT2D eigenvalue weighted by atomic mass is 35.5. The number of aliphatic hydroxyl groups excluding tert-OH is 1. The van der Waals surface area contributed by atoms with Crippen LogP contribution in [-0.4, -0.2) is 29.6 Å². The number of benzene rings is 1. The van der Waals surface area contributed by atoms with Crippen LogP contribution in [0.2, 0.25) is 0 Å². The number of alkyl halides is 1. The number of allylic oxidation sites excluding steroid dienone is 4. The van der Waals surface area contributed by atoms with E-state index in [1.165, 1.54) is 6.92 Å². The van der Waals surface area contributed by atoms with Crippen LogP contribution in [0.25, 0.3) is 0 Å². The number of aliphatic hydroxyl groups is 1. The van der Waals surface area contributed by atoms with Crippen molar-refractivity contribution in [3.63, 3.8) is 0 Å². The Morgan fingerprint density at radius 1 is 1.41 bits per heavy atom. The lowest BCUT2D eigenvalue weighted by molar-refractivity contribution is -0.138. The Bertz CT molecular complexity index is 879. The van der Waals surface area contributed by atoms with Crippen molar-refractivity contribution < 1.29 is 32.2 Å². The summed E-state index contributed by atoms with van der Waals surface area (Å²) < 4.78 is 59.7. The van der Waals surface area contributed by atoms with Gasteiger partial charge in [0.05, 0.1) is 17.3 Å². The smallest absolute Gasteiger partial charge is 0.343 e. The number of hydrogen-bond donors (Lipinski definition) is 1. The number of aliphatic imine (C=N–C) groups is 1. The van der Waals surface area contributed by atoms with Gasteiger partial charge in [-0.2, -0.15) is 0 Å². The Morgan fingerprint density at radius 2 is 2.11 bits per heavy atom. The van der Waals surface area contributed by atoms with Crippen LogP contribution in [0, 0.1) is 11.6 Å². The topological polar surface area (TPSA) is 58.9 Å². The van der Waals surface area contributed by atoms with E-state index in [4.69, 9.17) is 16.3 Å². The van der Waals surface area contributed by atoms with Gasteiger partial charge in [-0.05, 0) is 31.2 Å². The van der Waals surface area contributed by atoms with E-state index in [0.717, 1.165) is 12.1 Å². The maximum atomic E-state index is 15.0. The number of ether oxygens (including phenoxy) is 1. The van der Waals surface area contributed by atoms with E-state index in [2.05, 4.69) is 4.99 Å². The highest BCUT2D eigenvalue weighted by molar-refractivity contribution is 6.30. The highest BCUT2D eigenvalue weighted by Gasteiger charge is 2.39. The summed E-state index contributed by atoms with van der Waals surface area (Å²) in [6, 6.07) is 2.48. The van der Waals surface area contributed by atoms with Crippen molar-refractivity contribution in [2.24, 2.45) is 4.99 Å². The van der Waals surface area contributed by atoms with Crippen LogP contribution < -0.4 is 0 Å². The summed E-state index contributed by atoms with van der Waals surface area (Å²) in [5.74, 6) is -5.02. The molecule has 27 heavy (non-hydrogen) atoms. The molecule has 1 unspecified atom stereocenters. The van der Waals surface area contributed by atoms with Crippen molar-refractivity contribution >= 4 is 29.5 Å². The summed E-state index contributed by atoms with van der Waals surface area (Å²) >= 11 is 5.59. The molecular weight excluding hydrogens is 390 g/mol. The SMILES string of the molecule is CCOC(=O)C(C=Nc1ccc(F)cc1F)=C(O)C1(F)C=CC(F)=C(Cl)C1. The first-order chi connectivity index (χ1) is 12.7. The number of carbonyl (C=O) groups is 1. The van der Waals surface area contributed by atoms with Crippen molar-refractivity contribution in [1.29, 1.82) is 0 Å². The molecule has 1 atom stereocenters. The number of hydrogen-bond acceptors (Lipinski definition) is 4. The lowest BCUT2D eigenvalue weighted by Crippen LogP contribution is -2.29. The number of carbonyl (C=O) groups excluding carboxylic acids is 1. The van der Waals surface area contributed by atoms with E-state index in [1.54, 1.807) is 0 Å². The second kappa shape index (κ2) is 8.39. The first kappa shape index (κ1) is 20.7. The summed E-state index contributed by atoms with van der Waals surface area (Å²) in [6.07, 6.45) is 1.32. The molecule has 2 rings (SSSR count). The lowest BCUT2D eigenvalue weighted by Gasteiger charge is -2.24. The van der Waals surface area contributed by atoms with Crippen molar-refractivity contribution in [3.05, 3.63) is 64.2 Å². The van der Waals surface area contributed by atoms with Gasteiger partial charge >= 0.3 is 5.97 Å². The molecular formula is C18H14ClF4NO3.